The molecular weight excluding hydrogens is 446 g/mol. The summed E-state index contributed by atoms with van der Waals surface area (Å²) >= 11 is 0. The van der Waals surface area contributed by atoms with Crippen LogP contribution in [0.15, 0.2) is 48.5 Å². The molecule has 0 spiro atoms. The summed E-state index contributed by atoms with van der Waals surface area (Å²) in [5, 5.41) is 11.7. The molecule has 1 saturated heterocycles. The maximum absolute atomic E-state index is 13.2. The van der Waals surface area contributed by atoms with Crippen LogP contribution in [0.2, 0.25) is 0 Å². The second-order valence-electron chi connectivity index (χ2n) is 8.53. The van der Waals surface area contributed by atoms with Crippen molar-refractivity contribution in [1.82, 2.24) is 10.2 Å². The van der Waals surface area contributed by atoms with Crippen LogP contribution < -0.4 is 5.32 Å². The number of carbonyl (C=O) groups excluding carboxylic acids is 2. The first-order valence-corrected chi connectivity index (χ1v) is 11.3. The van der Waals surface area contributed by atoms with Gasteiger partial charge in [-0.05, 0) is 41.5 Å². The molecule has 2 aromatic carbocycles. The number of ether oxygens (including phenoxy) is 1. The largest absolute Gasteiger partial charge is 0.480 e. The molecule has 9 heteroatoms. The summed E-state index contributed by atoms with van der Waals surface area (Å²) in [5.41, 5.74) is 4.08. The van der Waals surface area contributed by atoms with Crippen LogP contribution in [0, 0.1) is 0 Å². The highest BCUT2D eigenvalue weighted by molar-refractivity contribution is 5.89. The topological polar surface area (TPSA) is 95.9 Å². The van der Waals surface area contributed by atoms with Crippen molar-refractivity contribution >= 4 is 18.0 Å². The quantitative estimate of drug-likeness (QED) is 0.635. The minimum atomic E-state index is -2.86. The van der Waals surface area contributed by atoms with E-state index in [1.165, 1.54) is 0 Å². The fourth-order valence-electron chi connectivity index (χ4n) is 4.83. The Hall–Kier alpha value is -3.49. The van der Waals surface area contributed by atoms with Crippen molar-refractivity contribution in [2.45, 2.75) is 50.1 Å². The van der Waals surface area contributed by atoms with Crippen molar-refractivity contribution in [2.75, 3.05) is 13.2 Å². The lowest BCUT2D eigenvalue weighted by atomic mass is 9.98. The molecule has 1 fully saturated rings. The lowest BCUT2D eigenvalue weighted by Gasteiger charge is -2.35. The Bertz CT molecular complexity index is 1030. The van der Waals surface area contributed by atoms with Gasteiger partial charge in [0.15, 0.2) is 0 Å². The molecule has 7 nitrogen and oxygen atoms in total. The molecule has 2 aliphatic rings. The summed E-state index contributed by atoms with van der Waals surface area (Å²) in [5.74, 6) is -2.24. The Morgan fingerprint density at radius 2 is 1.65 bits per heavy atom. The number of carbonyl (C=O) groups is 3. The number of hydrogen-bond donors (Lipinski definition) is 2. The number of likely N-dealkylation sites (tertiary alicyclic amines) is 1. The third kappa shape index (κ3) is 4.88. The minimum Gasteiger partial charge on any atom is -0.480 e. The molecule has 34 heavy (non-hydrogen) atoms. The fourth-order valence-corrected chi connectivity index (χ4v) is 4.83. The highest BCUT2D eigenvalue weighted by Crippen LogP contribution is 2.44. The van der Waals surface area contributed by atoms with E-state index in [4.69, 9.17) is 4.74 Å². The molecule has 0 bridgehead atoms. The van der Waals surface area contributed by atoms with Crippen LogP contribution in [0.1, 0.15) is 42.7 Å². The number of hydrogen-bond acceptors (Lipinski definition) is 4. The third-order valence-corrected chi connectivity index (χ3v) is 6.42. The SMILES string of the molecule is O=C(NC(CC(F)F)C(=O)N1CCCCC1C(=O)O)OCC1c2ccccc2-c2ccccc21. The molecule has 2 atom stereocenters. The van der Waals surface area contributed by atoms with Crippen molar-refractivity contribution in [2.24, 2.45) is 0 Å². The number of alkyl halides is 2. The summed E-state index contributed by atoms with van der Waals surface area (Å²) in [7, 11) is 0. The zero-order valence-corrected chi connectivity index (χ0v) is 18.5. The Morgan fingerprint density at radius 1 is 1.03 bits per heavy atom. The van der Waals surface area contributed by atoms with Gasteiger partial charge in [-0.2, -0.15) is 0 Å². The van der Waals surface area contributed by atoms with Crippen molar-refractivity contribution in [1.29, 1.82) is 0 Å². The predicted molar refractivity (Wildman–Crippen MR) is 120 cm³/mol. The minimum absolute atomic E-state index is 0.0308. The van der Waals surface area contributed by atoms with Crippen LogP contribution in [-0.4, -0.2) is 59.6 Å². The molecule has 4 rings (SSSR count). The maximum Gasteiger partial charge on any atom is 0.407 e. The van der Waals surface area contributed by atoms with E-state index < -0.39 is 42.9 Å². The van der Waals surface area contributed by atoms with E-state index in [0.717, 1.165) is 27.2 Å². The summed E-state index contributed by atoms with van der Waals surface area (Å²) in [6.07, 6.45) is -3.35. The Labute approximate surface area is 195 Å². The van der Waals surface area contributed by atoms with Crippen LogP contribution in [-0.2, 0) is 14.3 Å². The van der Waals surface area contributed by atoms with Gasteiger partial charge in [0.2, 0.25) is 12.3 Å². The van der Waals surface area contributed by atoms with Crippen molar-refractivity contribution in [3.8, 4) is 11.1 Å². The van der Waals surface area contributed by atoms with Crippen LogP contribution in [0.5, 0.6) is 0 Å². The number of carboxylic acid groups (broad SMARTS) is 1. The first-order chi connectivity index (χ1) is 16.4. The summed E-state index contributed by atoms with van der Waals surface area (Å²) < 4.78 is 31.8. The standard InChI is InChI=1S/C25H26F2N2O5/c26-22(27)13-20(23(30)29-12-6-5-11-21(29)24(31)32)28-25(33)34-14-19-17-9-3-1-7-15(17)16-8-2-4-10-18(16)19/h1-4,7-10,19-22H,5-6,11-14H2,(H,28,33)(H,31,32). The lowest BCUT2D eigenvalue weighted by Crippen LogP contribution is -2.56. The van der Waals surface area contributed by atoms with Crippen LogP contribution in [0.3, 0.4) is 0 Å². The van der Waals surface area contributed by atoms with Gasteiger partial charge in [0.05, 0.1) is 0 Å². The van der Waals surface area contributed by atoms with Crippen LogP contribution in [0.4, 0.5) is 13.6 Å². The second kappa shape index (κ2) is 10.2. The molecule has 2 N–H and O–H groups in total. The van der Waals surface area contributed by atoms with Crippen LogP contribution in [0.25, 0.3) is 11.1 Å². The first kappa shape index (κ1) is 23.7. The van der Waals surface area contributed by atoms with Gasteiger partial charge in [-0.3, -0.25) is 4.79 Å². The van der Waals surface area contributed by atoms with E-state index in [9.17, 15) is 28.3 Å². The summed E-state index contributed by atoms with van der Waals surface area (Å²) in [6.45, 7) is 0.110. The fraction of sp³-hybridized carbons (Fsp3) is 0.400. The highest BCUT2D eigenvalue weighted by atomic mass is 19.3. The zero-order valence-electron chi connectivity index (χ0n) is 18.5. The number of alkyl carbamates (subject to hydrolysis) is 1. The molecule has 2 unspecified atom stereocenters. The number of nitrogens with one attached hydrogen (secondary N) is 1. The first-order valence-electron chi connectivity index (χ1n) is 11.3. The Kier molecular flexibility index (Phi) is 7.09. The normalized spacial score (nSPS) is 18.2. The predicted octanol–water partition coefficient (Wildman–Crippen LogP) is 4.01. The molecule has 1 aliphatic heterocycles. The van der Waals surface area contributed by atoms with E-state index in [2.05, 4.69) is 5.32 Å². The van der Waals surface area contributed by atoms with Gasteiger partial charge >= 0.3 is 12.1 Å². The number of piperidine rings is 1. The number of amides is 2. The molecule has 1 aliphatic carbocycles. The molecule has 180 valence electrons. The van der Waals surface area contributed by atoms with Crippen molar-refractivity contribution in [3.63, 3.8) is 0 Å². The lowest BCUT2D eigenvalue weighted by molar-refractivity contribution is -0.153. The number of aliphatic carboxylic acids is 1. The Balaban J connectivity index is 1.45. The number of nitrogens with zero attached hydrogens (tertiary/aromatic N) is 1. The van der Waals surface area contributed by atoms with Crippen molar-refractivity contribution in [3.05, 3.63) is 59.7 Å². The number of carboxylic acids is 1. The summed E-state index contributed by atoms with van der Waals surface area (Å²) in [6, 6.07) is 12.9. The van der Waals surface area contributed by atoms with Gasteiger partial charge in [0, 0.05) is 18.9 Å². The van der Waals surface area contributed by atoms with Gasteiger partial charge in [0.1, 0.15) is 18.7 Å². The molecule has 0 aromatic heterocycles. The average Bonchev–Trinajstić information content (AvgIpc) is 3.15. The molecule has 2 amide bonds. The molecular formula is C25H26F2N2O5. The van der Waals surface area contributed by atoms with Crippen LogP contribution >= 0.6 is 0 Å². The third-order valence-electron chi connectivity index (χ3n) is 6.42. The molecule has 0 radical (unpaired) electrons. The van der Waals surface area contributed by atoms with E-state index in [0.29, 0.717) is 12.8 Å². The number of halogens is 2. The van der Waals surface area contributed by atoms with Gasteiger partial charge in [-0.1, -0.05) is 48.5 Å². The molecule has 2 aromatic rings. The van der Waals surface area contributed by atoms with E-state index in [1.807, 2.05) is 48.5 Å². The molecule has 0 saturated carbocycles. The average molecular weight is 472 g/mol. The Morgan fingerprint density at radius 3 is 2.24 bits per heavy atom. The zero-order chi connectivity index (χ0) is 24.2. The highest BCUT2D eigenvalue weighted by Gasteiger charge is 2.37. The van der Waals surface area contributed by atoms with Gasteiger partial charge in [0.25, 0.3) is 0 Å². The van der Waals surface area contributed by atoms with E-state index in [1.54, 1.807) is 0 Å². The van der Waals surface area contributed by atoms with Gasteiger partial charge in [-0.25, -0.2) is 18.4 Å². The molecule has 1 heterocycles. The van der Waals surface area contributed by atoms with E-state index >= 15 is 0 Å². The summed E-state index contributed by atoms with van der Waals surface area (Å²) in [4.78, 5) is 38.1. The monoisotopic (exact) mass is 472 g/mol. The van der Waals surface area contributed by atoms with Crippen molar-refractivity contribution < 1.29 is 33.0 Å². The van der Waals surface area contributed by atoms with Gasteiger partial charge in [-0.15, -0.1) is 0 Å². The smallest absolute Gasteiger partial charge is 0.407 e. The second-order valence-corrected chi connectivity index (χ2v) is 8.53. The van der Waals surface area contributed by atoms with E-state index in [-0.39, 0.29) is 25.5 Å². The number of rotatable bonds is 7. The maximum atomic E-state index is 13.2. The number of benzene rings is 2. The number of fused-ring (bicyclic) bond motifs is 3. The van der Waals surface area contributed by atoms with Gasteiger partial charge < -0.3 is 20.1 Å².